The van der Waals surface area contributed by atoms with Crippen LogP contribution in [0.5, 0.6) is 5.75 Å². The van der Waals surface area contributed by atoms with E-state index in [2.05, 4.69) is 11.4 Å². The number of benzene rings is 1. The number of alkyl carbamates (subject to hydrolysis) is 1. The summed E-state index contributed by atoms with van der Waals surface area (Å²) in [5.41, 5.74) is 6.23. The van der Waals surface area contributed by atoms with Gasteiger partial charge >= 0.3 is 6.09 Å². The first kappa shape index (κ1) is 17.1. The van der Waals surface area contributed by atoms with E-state index in [0.717, 1.165) is 0 Å². The molecule has 0 bridgehead atoms. The number of amides is 1. The summed E-state index contributed by atoms with van der Waals surface area (Å²) in [5, 5.41) is 11.8. The Labute approximate surface area is 136 Å². The third-order valence-corrected chi connectivity index (χ3v) is 3.65. The average Bonchev–Trinajstić information content (AvgIpc) is 2.41. The number of nitrogens with one attached hydrogen (secondary N) is 1. The predicted octanol–water partition coefficient (Wildman–Crippen LogP) is 2.62. The maximum Gasteiger partial charge on any atom is 0.408 e. The molecule has 0 aromatic heterocycles. The molecule has 1 heterocycles. The monoisotopic (exact) mass is 317 g/mol. The maximum absolute atomic E-state index is 12.1. The molecule has 2 rings (SSSR count). The number of carbonyl (C=O) groups is 1. The maximum atomic E-state index is 12.1. The molecule has 0 fully saturated rings. The van der Waals surface area contributed by atoms with Gasteiger partial charge in [-0.25, -0.2) is 4.79 Å². The van der Waals surface area contributed by atoms with Gasteiger partial charge in [0.2, 0.25) is 0 Å². The van der Waals surface area contributed by atoms with Gasteiger partial charge in [0.25, 0.3) is 0 Å². The van der Waals surface area contributed by atoms with Crippen LogP contribution in [0.4, 0.5) is 4.79 Å². The van der Waals surface area contributed by atoms with Gasteiger partial charge in [-0.2, -0.15) is 5.26 Å². The van der Waals surface area contributed by atoms with Crippen molar-refractivity contribution in [1.29, 1.82) is 5.26 Å². The van der Waals surface area contributed by atoms with Crippen molar-refractivity contribution in [3.8, 4) is 11.8 Å². The van der Waals surface area contributed by atoms with Crippen LogP contribution < -0.4 is 15.8 Å². The van der Waals surface area contributed by atoms with Crippen molar-refractivity contribution in [2.75, 3.05) is 0 Å². The lowest BCUT2D eigenvalue weighted by Crippen LogP contribution is -2.60. The summed E-state index contributed by atoms with van der Waals surface area (Å²) in [7, 11) is 0. The van der Waals surface area contributed by atoms with Gasteiger partial charge < -0.3 is 20.5 Å². The van der Waals surface area contributed by atoms with E-state index in [1.54, 1.807) is 39.0 Å². The second-order valence-electron chi connectivity index (χ2n) is 7.22. The Morgan fingerprint density at radius 1 is 1.43 bits per heavy atom. The Morgan fingerprint density at radius 3 is 2.65 bits per heavy atom. The fourth-order valence-corrected chi connectivity index (χ4v) is 2.63. The van der Waals surface area contributed by atoms with E-state index >= 15 is 0 Å². The SMILES string of the molecule is CC(C)(C)OC(=O)N[C@H]1[C@H](N)c2cc(C#N)ccc2OC1(C)C. The molecule has 23 heavy (non-hydrogen) atoms. The van der Waals surface area contributed by atoms with Crippen molar-refractivity contribution in [2.45, 2.75) is 57.9 Å². The number of nitrogens with zero attached hydrogens (tertiary/aromatic N) is 1. The number of nitrogens with two attached hydrogens (primary N) is 1. The summed E-state index contributed by atoms with van der Waals surface area (Å²) in [4.78, 5) is 12.1. The molecule has 2 atom stereocenters. The standard InChI is InChI=1S/C17H23N3O3/c1-16(2,3)23-15(21)20-14-13(19)11-8-10(9-18)6-7-12(11)22-17(14,4)5/h6-8,13-14H,19H2,1-5H3,(H,20,21)/t13-,14+/m1/s1. The van der Waals surface area contributed by atoms with Gasteiger partial charge in [0.05, 0.1) is 23.7 Å². The van der Waals surface area contributed by atoms with Gasteiger partial charge in [0.1, 0.15) is 17.0 Å². The Bertz CT molecular complexity index is 656. The molecule has 0 unspecified atom stereocenters. The van der Waals surface area contributed by atoms with E-state index in [0.29, 0.717) is 16.9 Å². The molecule has 1 aliphatic heterocycles. The largest absolute Gasteiger partial charge is 0.485 e. The first-order chi connectivity index (χ1) is 10.5. The number of ether oxygens (including phenoxy) is 2. The van der Waals surface area contributed by atoms with Crippen LogP contribution >= 0.6 is 0 Å². The average molecular weight is 317 g/mol. The molecule has 0 aliphatic carbocycles. The topological polar surface area (TPSA) is 97.4 Å². The Morgan fingerprint density at radius 2 is 2.09 bits per heavy atom. The van der Waals surface area contributed by atoms with Crippen molar-refractivity contribution in [1.82, 2.24) is 5.32 Å². The molecule has 1 aliphatic rings. The minimum absolute atomic E-state index is 0.487. The second-order valence-corrected chi connectivity index (χ2v) is 7.22. The zero-order valence-corrected chi connectivity index (χ0v) is 14.1. The van der Waals surface area contributed by atoms with E-state index < -0.39 is 29.4 Å². The third kappa shape index (κ3) is 3.74. The summed E-state index contributed by atoms with van der Waals surface area (Å²) in [6.07, 6.45) is -0.547. The van der Waals surface area contributed by atoms with Crippen molar-refractivity contribution in [3.63, 3.8) is 0 Å². The summed E-state index contributed by atoms with van der Waals surface area (Å²) in [5.74, 6) is 0.628. The van der Waals surface area contributed by atoms with Crippen LogP contribution in [0, 0.1) is 11.3 Å². The van der Waals surface area contributed by atoms with Gasteiger partial charge in [0, 0.05) is 5.56 Å². The molecule has 0 radical (unpaired) electrons. The molecule has 6 nitrogen and oxygen atoms in total. The molecule has 0 saturated carbocycles. The lowest BCUT2D eigenvalue weighted by atomic mass is 9.84. The number of hydrogen-bond acceptors (Lipinski definition) is 5. The molecular formula is C17H23N3O3. The van der Waals surface area contributed by atoms with Crippen LogP contribution in [0.25, 0.3) is 0 Å². The third-order valence-electron chi connectivity index (χ3n) is 3.65. The Hall–Kier alpha value is -2.26. The first-order valence-corrected chi connectivity index (χ1v) is 7.51. The van der Waals surface area contributed by atoms with E-state index in [9.17, 15) is 4.79 Å². The molecule has 124 valence electrons. The molecule has 1 aromatic rings. The van der Waals surface area contributed by atoms with Gasteiger partial charge in [-0.15, -0.1) is 0 Å². The molecule has 0 spiro atoms. The van der Waals surface area contributed by atoms with Crippen LogP contribution in [0.3, 0.4) is 0 Å². The van der Waals surface area contributed by atoms with Crippen molar-refractivity contribution >= 4 is 6.09 Å². The molecule has 0 saturated heterocycles. The number of carbonyl (C=O) groups excluding carboxylic acids is 1. The van der Waals surface area contributed by atoms with Crippen LogP contribution in [0.1, 0.15) is 51.8 Å². The van der Waals surface area contributed by atoms with Crippen LogP contribution in [-0.4, -0.2) is 23.3 Å². The highest BCUT2D eigenvalue weighted by molar-refractivity contribution is 5.68. The highest BCUT2D eigenvalue weighted by atomic mass is 16.6. The molecule has 1 amide bonds. The lowest BCUT2D eigenvalue weighted by molar-refractivity contribution is 0.0139. The van der Waals surface area contributed by atoms with Gasteiger partial charge in [-0.1, -0.05) is 0 Å². The smallest absolute Gasteiger partial charge is 0.408 e. The minimum Gasteiger partial charge on any atom is -0.485 e. The predicted molar refractivity (Wildman–Crippen MR) is 86.0 cm³/mol. The number of hydrogen-bond donors (Lipinski definition) is 2. The van der Waals surface area contributed by atoms with Crippen molar-refractivity contribution in [3.05, 3.63) is 29.3 Å². The number of fused-ring (bicyclic) bond motifs is 1. The zero-order valence-electron chi connectivity index (χ0n) is 14.1. The Kier molecular flexibility index (Phi) is 4.27. The second kappa shape index (κ2) is 5.74. The zero-order chi connectivity index (χ0) is 17.4. The number of rotatable bonds is 1. The quantitative estimate of drug-likeness (QED) is 0.830. The first-order valence-electron chi connectivity index (χ1n) is 7.51. The normalized spacial score (nSPS) is 22.3. The highest BCUT2D eigenvalue weighted by Crippen LogP contribution is 2.39. The summed E-state index contributed by atoms with van der Waals surface area (Å²) in [6, 6.07) is 6.20. The summed E-state index contributed by atoms with van der Waals surface area (Å²) >= 11 is 0. The van der Waals surface area contributed by atoms with E-state index in [-0.39, 0.29) is 0 Å². The van der Waals surface area contributed by atoms with Crippen LogP contribution in [-0.2, 0) is 4.74 Å². The minimum atomic E-state index is -0.711. The van der Waals surface area contributed by atoms with Crippen LogP contribution in [0.15, 0.2) is 18.2 Å². The van der Waals surface area contributed by atoms with Crippen molar-refractivity contribution < 1.29 is 14.3 Å². The van der Waals surface area contributed by atoms with E-state index in [4.69, 9.17) is 20.5 Å². The van der Waals surface area contributed by atoms with Crippen LogP contribution in [0.2, 0.25) is 0 Å². The fraction of sp³-hybridized carbons (Fsp3) is 0.529. The van der Waals surface area contributed by atoms with Gasteiger partial charge in [0.15, 0.2) is 0 Å². The summed E-state index contributed by atoms with van der Waals surface area (Å²) < 4.78 is 11.3. The molecular weight excluding hydrogens is 294 g/mol. The van der Waals surface area contributed by atoms with Gasteiger partial charge in [-0.05, 0) is 52.8 Å². The van der Waals surface area contributed by atoms with E-state index in [1.807, 2.05) is 13.8 Å². The highest BCUT2D eigenvalue weighted by Gasteiger charge is 2.43. The lowest BCUT2D eigenvalue weighted by Gasteiger charge is -2.43. The molecule has 3 N–H and O–H groups in total. The molecule has 1 aromatic carbocycles. The fourth-order valence-electron chi connectivity index (χ4n) is 2.63. The molecule has 6 heteroatoms. The summed E-state index contributed by atoms with van der Waals surface area (Å²) in [6.45, 7) is 9.10. The van der Waals surface area contributed by atoms with E-state index in [1.165, 1.54) is 0 Å². The Balaban J connectivity index is 2.29. The van der Waals surface area contributed by atoms with Crippen molar-refractivity contribution in [2.24, 2.45) is 5.73 Å². The number of nitriles is 1. The van der Waals surface area contributed by atoms with Gasteiger partial charge in [-0.3, -0.25) is 0 Å².